The molecular weight excluding hydrogens is 865 g/mol. The average Bonchev–Trinajstić information content (AvgIpc) is 3.36. The maximum Gasteiger partial charge on any atom is 0.306 e. The van der Waals surface area contributed by atoms with Crippen LogP contribution in [0, 0.1) is 0 Å². The van der Waals surface area contributed by atoms with Crippen molar-refractivity contribution < 1.29 is 28.6 Å². The van der Waals surface area contributed by atoms with Crippen LogP contribution in [0.15, 0.2) is 60.8 Å². The van der Waals surface area contributed by atoms with Crippen molar-refractivity contribution in [3.8, 4) is 0 Å². The van der Waals surface area contributed by atoms with Crippen LogP contribution in [0.25, 0.3) is 0 Å². The molecule has 0 aromatic heterocycles. The van der Waals surface area contributed by atoms with Gasteiger partial charge in [-0.2, -0.15) is 0 Å². The third-order valence-electron chi connectivity index (χ3n) is 13.2. The first kappa shape index (κ1) is 67.1. The van der Waals surface area contributed by atoms with Gasteiger partial charge >= 0.3 is 17.9 Å². The highest BCUT2D eigenvalue weighted by atomic mass is 16.6. The summed E-state index contributed by atoms with van der Waals surface area (Å²) < 4.78 is 16.9. The summed E-state index contributed by atoms with van der Waals surface area (Å²) in [5.41, 5.74) is 0. The Kier molecular flexibility index (Phi) is 56.3. The van der Waals surface area contributed by atoms with E-state index >= 15 is 0 Å². The largest absolute Gasteiger partial charge is 0.462 e. The number of hydrogen-bond donors (Lipinski definition) is 0. The van der Waals surface area contributed by atoms with Gasteiger partial charge in [0, 0.05) is 19.3 Å². The Labute approximate surface area is 434 Å². The Balaban J connectivity index is 4.35. The van der Waals surface area contributed by atoms with E-state index in [0.29, 0.717) is 19.3 Å². The van der Waals surface area contributed by atoms with Gasteiger partial charge in [0.25, 0.3) is 0 Å². The van der Waals surface area contributed by atoms with Crippen LogP contribution in [0.3, 0.4) is 0 Å². The monoisotopic (exact) mass is 979 g/mol. The van der Waals surface area contributed by atoms with Crippen molar-refractivity contribution in [1.82, 2.24) is 0 Å². The Morgan fingerprint density at radius 3 is 0.843 bits per heavy atom. The van der Waals surface area contributed by atoms with E-state index in [2.05, 4.69) is 81.5 Å². The molecule has 0 rings (SSSR count). The van der Waals surface area contributed by atoms with Crippen LogP contribution >= 0.6 is 0 Å². The zero-order chi connectivity index (χ0) is 50.7. The van der Waals surface area contributed by atoms with Crippen molar-refractivity contribution in [2.45, 2.75) is 316 Å². The fourth-order valence-corrected chi connectivity index (χ4v) is 8.62. The summed E-state index contributed by atoms with van der Waals surface area (Å²) in [6, 6.07) is 0. The summed E-state index contributed by atoms with van der Waals surface area (Å²) in [5, 5.41) is 0. The van der Waals surface area contributed by atoms with E-state index in [9.17, 15) is 14.4 Å². The van der Waals surface area contributed by atoms with Crippen LogP contribution in [-0.2, 0) is 28.6 Å². The standard InChI is InChI=1S/C64H114O6/c1-4-7-10-13-16-19-22-25-27-29-31-32-34-35-37-39-42-45-48-51-54-57-63(66)69-60-61(59-68-62(65)56-53-50-47-44-41-24-21-18-15-12-9-6-3)70-64(67)58-55-52-49-46-43-40-38-36-33-30-28-26-23-20-17-14-11-8-5-2/h18,21-22,25-26,28-29,31,34-35,61H,4-17,19-20,23-24,27,30,32-33,36-60H2,1-3H3/b21-18-,25-22-,28-26-,31-29-,35-34-. The molecule has 1 atom stereocenters. The molecule has 0 aliphatic carbocycles. The van der Waals surface area contributed by atoms with Crippen molar-refractivity contribution in [3.63, 3.8) is 0 Å². The molecule has 1 unspecified atom stereocenters. The molecule has 0 bridgehead atoms. The fourth-order valence-electron chi connectivity index (χ4n) is 8.62. The Bertz CT molecular complexity index is 1260. The Morgan fingerprint density at radius 1 is 0.286 bits per heavy atom. The highest BCUT2D eigenvalue weighted by Crippen LogP contribution is 2.15. The smallest absolute Gasteiger partial charge is 0.306 e. The van der Waals surface area contributed by atoms with Gasteiger partial charge < -0.3 is 14.2 Å². The summed E-state index contributed by atoms with van der Waals surface area (Å²) in [5.74, 6) is -0.894. The quantitative estimate of drug-likeness (QED) is 0.0261. The second-order valence-corrected chi connectivity index (χ2v) is 20.2. The van der Waals surface area contributed by atoms with E-state index in [1.807, 2.05) is 0 Å². The third-order valence-corrected chi connectivity index (χ3v) is 13.2. The predicted molar refractivity (Wildman–Crippen MR) is 302 cm³/mol. The van der Waals surface area contributed by atoms with Crippen molar-refractivity contribution in [1.29, 1.82) is 0 Å². The van der Waals surface area contributed by atoms with Crippen LogP contribution in [0.2, 0.25) is 0 Å². The molecule has 0 fully saturated rings. The summed E-state index contributed by atoms with van der Waals surface area (Å²) in [4.78, 5) is 38.2. The van der Waals surface area contributed by atoms with Gasteiger partial charge in [0.1, 0.15) is 13.2 Å². The number of hydrogen-bond acceptors (Lipinski definition) is 6. The first-order chi connectivity index (χ1) is 34.5. The summed E-state index contributed by atoms with van der Waals surface area (Å²) in [7, 11) is 0. The molecule has 0 saturated heterocycles. The van der Waals surface area contributed by atoms with Crippen LogP contribution in [0.1, 0.15) is 310 Å². The maximum absolute atomic E-state index is 12.9. The van der Waals surface area contributed by atoms with Crippen molar-refractivity contribution in [2.75, 3.05) is 13.2 Å². The highest BCUT2D eigenvalue weighted by Gasteiger charge is 2.19. The van der Waals surface area contributed by atoms with Gasteiger partial charge in [-0.3, -0.25) is 14.4 Å². The van der Waals surface area contributed by atoms with Gasteiger partial charge in [-0.1, -0.05) is 242 Å². The molecular formula is C64H114O6. The molecule has 70 heavy (non-hydrogen) atoms. The van der Waals surface area contributed by atoms with E-state index in [1.165, 1.54) is 186 Å². The number of carbonyl (C=O) groups excluding carboxylic acids is 3. The van der Waals surface area contributed by atoms with Gasteiger partial charge in [0.15, 0.2) is 6.10 Å². The minimum absolute atomic E-state index is 0.0826. The first-order valence-electron chi connectivity index (χ1n) is 30.3. The molecule has 0 amide bonds. The zero-order valence-corrected chi connectivity index (χ0v) is 46.5. The van der Waals surface area contributed by atoms with Crippen LogP contribution in [-0.4, -0.2) is 37.2 Å². The summed E-state index contributed by atoms with van der Waals surface area (Å²) >= 11 is 0. The van der Waals surface area contributed by atoms with E-state index in [1.54, 1.807) is 0 Å². The minimum Gasteiger partial charge on any atom is -0.462 e. The molecule has 406 valence electrons. The lowest BCUT2D eigenvalue weighted by Crippen LogP contribution is -2.30. The van der Waals surface area contributed by atoms with E-state index < -0.39 is 6.10 Å². The average molecular weight is 980 g/mol. The van der Waals surface area contributed by atoms with E-state index in [-0.39, 0.29) is 31.1 Å². The summed E-state index contributed by atoms with van der Waals surface area (Å²) in [6.07, 6.45) is 73.6. The molecule has 0 aliphatic heterocycles. The zero-order valence-electron chi connectivity index (χ0n) is 46.5. The van der Waals surface area contributed by atoms with Crippen LogP contribution in [0.4, 0.5) is 0 Å². The van der Waals surface area contributed by atoms with Crippen molar-refractivity contribution >= 4 is 17.9 Å². The van der Waals surface area contributed by atoms with Gasteiger partial charge in [-0.15, -0.1) is 0 Å². The summed E-state index contributed by atoms with van der Waals surface area (Å²) in [6.45, 7) is 6.61. The molecule has 6 heteroatoms. The molecule has 0 spiro atoms. The first-order valence-corrected chi connectivity index (χ1v) is 30.3. The lowest BCUT2D eigenvalue weighted by molar-refractivity contribution is -0.167. The Morgan fingerprint density at radius 2 is 0.514 bits per heavy atom. The highest BCUT2D eigenvalue weighted by molar-refractivity contribution is 5.71. The topological polar surface area (TPSA) is 78.9 Å². The van der Waals surface area contributed by atoms with Gasteiger partial charge in [0.05, 0.1) is 0 Å². The van der Waals surface area contributed by atoms with Crippen LogP contribution < -0.4 is 0 Å². The van der Waals surface area contributed by atoms with Crippen molar-refractivity contribution in [3.05, 3.63) is 60.8 Å². The second kappa shape index (κ2) is 58.7. The number of rotatable bonds is 55. The van der Waals surface area contributed by atoms with E-state index in [0.717, 1.165) is 83.5 Å². The molecule has 0 aromatic rings. The fraction of sp³-hybridized carbons (Fsp3) is 0.797. The lowest BCUT2D eigenvalue weighted by Gasteiger charge is -2.18. The van der Waals surface area contributed by atoms with Crippen LogP contribution in [0.5, 0.6) is 0 Å². The molecule has 0 aliphatic rings. The number of carbonyl (C=O) groups is 3. The molecule has 0 N–H and O–H groups in total. The maximum atomic E-state index is 12.9. The third kappa shape index (κ3) is 56.0. The molecule has 0 radical (unpaired) electrons. The van der Waals surface area contributed by atoms with Crippen molar-refractivity contribution in [2.24, 2.45) is 0 Å². The van der Waals surface area contributed by atoms with Gasteiger partial charge in [-0.05, 0) is 109 Å². The molecule has 0 heterocycles. The number of unbranched alkanes of at least 4 members (excludes halogenated alkanes) is 34. The number of allylic oxidation sites excluding steroid dienone is 10. The SMILES string of the molecule is CCCCC/C=C\CCCCCCCC(=O)OCC(COC(=O)CCCCCCCC/C=C\C/C=C\C/C=C\CCCCCCC)OC(=O)CCCCCCCCCCC/C=C\CCCCCCCC. The minimum atomic E-state index is -0.784. The van der Waals surface area contributed by atoms with Gasteiger partial charge in [0.2, 0.25) is 0 Å². The normalized spacial score (nSPS) is 12.4. The number of ether oxygens (including phenoxy) is 3. The second-order valence-electron chi connectivity index (χ2n) is 20.2. The number of esters is 3. The molecule has 0 aromatic carbocycles. The Hall–Kier alpha value is -2.89. The molecule has 6 nitrogen and oxygen atoms in total. The predicted octanol–water partition coefficient (Wildman–Crippen LogP) is 20.4. The molecule has 0 saturated carbocycles. The lowest BCUT2D eigenvalue weighted by atomic mass is 10.1. The van der Waals surface area contributed by atoms with Gasteiger partial charge in [-0.25, -0.2) is 0 Å². The van der Waals surface area contributed by atoms with E-state index in [4.69, 9.17) is 14.2 Å².